The maximum Gasteiger partial charge on any atom is 0.233 e. The average Bonchev–Trinajstić information content (AvgIpc) is 2.90. The highest BCUT2D eigenvalue weighted by atomic mass is 35.5. The van der Waals surface area contributed by atoms with Crippen LogP contribution in [0.3, 0.4) is 0 Å². The van der Waals surface area contributed by atoms with Crippen molar-refractivity contribution < 1.29 is 4.79 Å². The highest BCUT2D eigenvalue weighted by Gasteiger charge is 2.16. The van der Waals surface area contributed by atoms with Gasteiger partial charge in [0.15, 0.2) is 4.34 Å². The summed E-state index contributed by atoms with van der Waals surface area (Å²) in [6.45, 7) is 6.33. The molecule has 0 aliphatic carbocycles. The van der Waals surface area contributed by atoms with Crippen molar-refractivity contribution in [2.24, 2.45) is 0 Å². The Hall–Kier alpha value is -1.31. The van der Waals surface area contributed by atoms with Crippen LogP contribution in [0, 0.1) is 6.92 Å². The highest BCUT2D eigenvalue weighted by molar-refractivity contribution is 8.02. The predicted molar refractivity (Wildman–Crippen MR) is 93.4 cm³/mol. The van der Waals surface area contributed by atoms with Crippen molar-refractivity contribution in [3.63, 3.8) is 0 Å². The number of nitrogens with one attached hydrogen (secondary N) is 2. The van der Waals surface area contributed by atoms with E-state index in [1.54, 1.807) is 0 Å². The Bertz CT molecular complexity index is 662. The number of rotatable bonds is 6. The molecule has 1 amide bonds. The van der Waals surface area contributed by atoms with Gasteiger partial charge in [0.2, 0.25) is 11.0 Å². The van der Waals surface area contributed by atoms with Crippen LogP contribution in [0.5, 0.6) is 0 Å². The van der Waals surface area contributed by atoms with E-state index in [2.05, 4.69) is 20.8 Å². The van der Waals surface area contributed by atoms with Crippen molar-refractivity contribution in [1.82, 2.24) is 15.5 Å². The number of thioether (sulfide) groups is 1. The van der Waals surface area contributed by atoms with Crippen LogP contribution in [0.25, 0.3) is 0 Å². The number of halogens is 1. The van der Waals surface area contributed by atoms with Gasteiger partial charge in [0.1, 0.15) is 0 Å². The molecule has 0 fully saturated rings. The number of anilines is 2. The molecule has 2 aromatic rings. The van der Waals surface area contributed by atoms with Crippen LogP contribution in [0.15, 0.2) is 22.5 Å². The Morgan fingerprint density at radius 1 is 1.45 bits per heavy atom. The highest BCUT2D eigenvalue weighted by Crippen LogP contribution is 2.31. The minimum atomic E-state index is -0.199. The van der Waals surface area contributed by atoms with Crippen molar-refractivity contribution in [3.8, 4) is 0 Å². The smallest absolute Gasteiger partial charge is 0.233 e. The summed E-state index contributed by atoms with van der Waals surface area (Å²) in [5.74, 6) is 0.00234. The SMILES string of the molecule is CCNC(=O)[C@H](C)Sc1nnc(Nc2ccc(C)c(Cl)c2)s1. The number of hydrogen-bond donors (Lipinski definition) is 2. The lowest BCUT2D eigenvalue weighted by atomic mass is 10.2. The fraction of sp³-hybridized carbons (Fsp3) is 0.357. The molecule has 0 saturated heterocycles. The summed E-state index contributed by atoms with van der Waals surface area (Å²) in [4.78, 5) is 11.7. The average molecular weight is 357 g/mol. The summed E-state index contributed by atoms with van der Waals surface area (Å²) in [7, 11) is 0. The summed E-state index contributed by atoms with van der Waals surface area (Å²) in [6, 6.07) is 5.73. The fourth-order valence-corrected chi connectivity index (χ4v) is 3.75. The van der Waals surface area contributed by atoms with E-state index in [0.29, 0.717) is 16.7 Å². The van der Waals surface area contributed by atoms with Gasteiger partial charge in [0, 0.05) is 17.3 Å². The van der Waals surface area contributed by atoms with Crippen molar-refractivity contribution >= 4 is 51.4 Å². The second-order valence-corrected chi connectivity index (χ2v) is 7.59. The molecule has 0 saturated carbocycles. The van der Waals surface area contributed by atoms with E-state index in [-0.39, 0.29) is 11.2 Å². The van der Waals surface area contributed by atoms with Crippen molar-refractivity contribution in [1.29, 1.82) is 0 Å². The van der Waals surface area contributed by atoms with E-state index in [4.69, 9.17) is 11.6 Å². The summed E-state index contributed by atoms with van der Waals surface area (Å²) < 4.78 is 0.750. The number of nitrogens with zero attached hydrogens (tertiary/aromatic N) is 2. The maximum atomic E-state index is 11.7. The van der Waals surface area contributed by atoms with Gasteiger partial charge in [-0.25, -0.2) is 0 Å². The molecule has 1 atom stereocenters. The molecule has 1 aromatic heterocycles. The maximum absolute atomic E-state index is 11.7. The van der Waals surface area contributed by atoms with Gasteiger partial charge in [-0.15, -0.1) is 10.2 Å². The summed E-state index contributed by atoms with van der Waals surface area (Å²) >= 11 is 8.90. The first-order chi connectivity index (χ1) is 10.5. The lowest BCUT2D eigenvalue weighted by molar-refractivity contribution is -0.120. The largest absolute Gasteiger partial charge is 0.355 e. The van der Waals surface area contributed by atoms with E-state index >= 15 is 0 Å². The minimum absolute atomic E-state index is 0.00234. The van der Waals surface area contributed by atoms with Gasteiger partial charge in [-0.3, -0.25) is 4.79 Å². The van der Waals surface area contributed by atoms with Gasteiger partial charge in [-0.05, 0) is 38.5 Å². The summed E-state index contributed by atoms with van der Waals surface area (Å²) in [5.41, 5.74) is 1.89. The molecule has 0 unspecified atom stereocenters. The Morgan fingerprint density at radius 2 is 2.23 bits per heavy atom. The lowest BCUT2D eigenvalue weighted by Crippen LogP contribution is -2.30. The molecule has 22 heavy (non-hydrogen) atoms. The number of carbonyl (C=O) groups is 1. The predicted octanol–water partition coefficient (Wildman–Crippen LogP) is 3.86. The van der Waals surface area contributed by atoms with Crippen molar-refractivity contribution in [2.45, 2.75) is 30.4 Å². The van der Waals surface area contributed by atoms with Gasteiger partial charge in [-0.2, -0.15) is 0 Å². The van der Waals surface area contributed by atoms with Gasteiger partial charge in [0.25, 0.3) is 0 Å². The van der Waals surface area contributed by atoms with E-state index in [1.165, 1.54) is 23.1 Å². The molecule has 1 heterocycles. The van der Waals surface area contributed by atoms with E-state index < -0.39 is 0 Å². The summed E-state index contributed by atoms with van der Waals surface area (Å²) in [6.07, 6.45) is 0. The molecule has 2 N–H and O–H groups in total. The van der Waals surface area contributed by atoms with E-state index in [0.717, 1.165) is 15.6 Å². The second-order valence-electron chi connectivity index (χ2n) is 4.62. The number of hydrogen-bond acceptors (Lipinski definition) is 6. The van der Waals surface area contributed by atoms with Crippen LogP contribution in [0.4, 0.5) is 10.8 Å². The first-order valence-corrected chi connectivity index (χ1v) is 8.88. The third-order valence-electron chi connectivity index (χ3n) is 2.83. The van der Waals surface area contributed by atoms with Crippen LogP contribution in [-0.4, -0.2) is 27.9 Å². The molecule has 8 heteroatoms. The molecule has 0 aliphatic rings. The molecule has 118 valence electrons. The quantitative estimate of drug-likeness (QED) is 0.769. The standard InChI is InChI=1S/C14H17ClN4OS2/c1-4-16-12(20)9(3)21-14-19-18-13(22-14)17-10-6-5-8(2)11(15)7-10/h5-7,9H,4H2,1-3H3,(H,16,20)(H,17,18)/t9-/m0/s1. The van der Waals surface area contributed by atoms with Crippen LogP contribution in [0.1, 0.15) is 19.4 Å². The second kappa shape index (κ2) is 7.80. The zero-order chi connectivity index (χ0) is 16.1. The zero-order valence-electron chi connectivity index (χ0n) is 12.5. The number of aromatic nitrogens is 2. The lowest BCUT2D eigenvalue weighted by Gasteiger charge is -2.07. The minimum Gasteiger partial charge on any atom is -0.355 e. The Morgan fingerprint density at radius 3 is 2.91 bits per heavy atom. The number of amides is 1. The van der Waals surface area contributed by atoms with Gasteiger partial charge in [0.05, 0.1) is 5.25 Å². The molecular weight excluding hydrogens is 340 g/mol. The molecular formula is C14H17ClN4OS2. The van der Waals surface area contributed by atoms with Gasteiger partial charge < -0.3 is 10.6 Å². The Kier molecular flexibility index (Phi) is 6.05. The number of aryl methyl sites for hydroxylation is 1. The van der Waals surface area contributed by atoms with Gasteiger partial charge >= 0.3 is 0 Å². The third kappa shape index (κ3) is 4.59. The molecule has 0 aliphatic heterocycles. The molecule has 2 rings (SSSR count). The van der Waals surface area contributed by atoms with E-state index in [9.17, 15) is 4.79 Å². The van der Waals surface area contributed by atoms with Crippen molar-refractivity contribution in [3.05, 3.63) is 28.8 Å². The van der Waals surface area contributed by atoms with Crippen LogP contribution in [-0.2, 0) is 4.79 Å². The van der Waals surface area contributed by atoms with E-state index in [1.807, 2.05) is 39.0 Å². The normalized spacial score (nSPS) is 12.0. The molecule has 0 spiro atoms. The van der Waals surface area contributed by atoms with Crippen LogP contribution < -0.4 is 10.6 Å². The Balaban J connectivity index is 1.99. The number of carbonyl (C=O) groups excluding carboxylic acids is 1. The molecule has 1 aromatic carbocycles. The first-order valence-electron chi connectivity index (χ1n) is 6.80. The fourth-order valence-electron chi connectivity index (χ4n) is 1.62. The summed E-state index contributed by atoms with van der Waals surface area (Å²) in [5, 5.41) is 15.3. The molecule has 0 radical (unpaired) electrons. The first kappa shape index (κ1) is 17.1. The monoisotopic (exact) mass is 356 g/mol. The zero-order valence-corrected chi connectivity index (χ0v) is 14.9. The number of benzene rings is 1. The Labute approximate surface area is 142 Å². The topological polar surface area (TPSA) is 66.9 Å². The van der Waals surface area contributed by atoms with Crippen molar-refractivity contribution in [2.75, 3.05) is 11.9 Å². The third-order valence-corrected chi connectivity index (χ3v) is 5.26. The molecule has 5 nitrogen and oxygen atoms in total. The van der Waals surface area contributed by atoms with Crippen LogP contribution >= 0.6 is 34.7 Å². The van der Waals surface area contributed by atoms with Gasteiger partial charge in [-0.1, -0.05) is 40.8 Å². The van der Waals surface area contributed by atoms with Crippen LogP contribution in [0.2, 0.25) is 5.02 Å². The molecule has 0 bridgehead atoms.